The molecule has 1 heterocycles. The van der Waals surface area contributed by atoms with Crippen LogP contribution in [0.15, 0.2) is 17.4 Å². The lowest BCUT2D eigenvalue weighted by Crippen LogP contribution is -2.48. The van der Waals surface area contributed by atoms with E-state index in [2.05, 4.69) is 15.6 Å². The Hall–Kier alpha value is -2.05. The Labute approximate surface area is 111 Å². The van der Waals surface area contributed by atoms with Gasteiger partial charge in [0.2, 0.25) is 5.91 Å². The first-order valence-electron chi connectivity index (χ1n) is 6.37. The van der Waals surface area contributed by atoms with Gasteiger partial charge in [-0.25, -0.2) is 0 Å². The molecule has 2 rings (SSSR count). The average Bonchev–Trinajstić information content (AvgIpc) is 2.83. The van der Waals surface area contributed by atoms with Crippen molar-refractivity contribution in [1.82, 2.24) is 9.78 Å². The van der Waals surface area contributed by atoms with E-state index in [-0.39, 0.29) is 11.7 Å². The maximum atomic E-state index is 12.5. The van der Waals surface area contributed by atoms with E-state index in [9.17, 15) is 4.79 Å². The van der Waals surface area contributed by atoms with Crippen molar-refractivity contribution in [3.8, 4) is 0 Å². The van der Waals surface area contributed by atoms with Crippen LogP contribution in [-0.4, -0.2) is 26.7 Å². The number of oxime groups is 1. The van der Waals surface area contributed by atoms with Gasteiger partial charge in [0.25, 0.3) is 0 Å². The molecule has 0 unspecified atom stereocenters. The van der Waals surface area contributed by atoms with Gasteiger partial charge < -0.3 is 16.3 Å². The quantitative estimate of drug-likeness (QED) is 0.329. The molecule has 0 saturated heterocycles. The third-order valence-corrected chi connectivity index (χ3v) is 3.70. The van der Waals surface area contributed by atoms with E-state index >= 15 is 0 Å². The molecule has 7 heteroatoms. The minimum Gasteiger partial charge on any atom is -0.409 e. The average molecular weight is 265 g/mol. The van der Waals surface area contributed by atoms with Crippen LogP contribution in [0.4, 0.5) is 5.82 Å². The smallest absolute Gasteiger partial charge is 0.239 e. The number of amidine groups is 1. The number of carbonyl (C=O) groups is 1. The van der Waals surface area contributed by atoms with Crippen LogP contribution in [0.5, 0.6) is 0 Å². The molecule has 1 amide bonds. The zero-order valence-electron chi connectivity index (χ0n) is 11.0. The lowest BCUT2D eigenvalue weighted by molar-refractivity contribution is -0.123. The largest absolute Gasteiger partial charge is 0.409 e. The Morgan fingerprint density at radius 2 is 2.21 bits per heavy atom. The normalized spacial score (nSPS) is 19.1. The third kappa shape index (κ3) is 2.54. The van der Waals surface area contributed by atoms with E-state index in [4.69, 9.17) is 10.9 Å². The van der Waals surface area contributed by atoms with E-state index in [1.165, 1.54) is 0 Å². The van der Waals surface area contributed by atoms with E-state index in [0.717, 1.165) is 19.3 Å². The number of amides is 1. The minimum absolute atomic E-state index is 0.0133. The molecule has 0 spiro atoms. The van der Waals surface area contributed by atoms with Gasteiger partial charge in [0, 0.05) is 19.3 Å². The summed E-state index contributed by atoms with van der Waals surface area (Å²) in [6.45, 7) is 0. The Kier molecular flexibility index (Phi) is 3.73. The lowest BCUT2D eigenvalue weighted by atomic mass is 9.72. The number of anilines is 1. The SMILES string of the molecule is Cn1ccc(NC(=O)C2(C(N)=NO)CCCCC2)n1. The molecule has 7 nitrogen and oxygen atoms in total. The molecule has 0 radical (unpaired) electrons. The molecule has 19 heavy (non-hydrogen) atoms. The highest BCUT2D eigenvalue weighted by atomic mass is 16.4. The maximum Gasteiger partial charge on any atom is 0.239 e. The summed E-state index contributed by atoms with van der Waals surface area (Å²) in [5, 5.41) is 18.8. The molecule has 1 aromatic heterocycles. The van der Waals surface area contributed by atoms with Gasteiger partial charge in [0.05, 0.1) is 0 Å². The van der Waals surface area contributed by atoms with E-state index < -0.39 is 5.41 Å². The van der Waals surface area contributed by atoms with Crippen LogP contribution < -0.4 is 11.1 Å². The van der Waals surface area contributed by atoms with Crippen LogP contribution >= 0.6 is 0 Å². The van der Waals surface area contributed by atoms with Gasteiger partial charge >= 0.3 is 0 Å². The molecule has 4 N–H and O–H groups in total. The zero-order valence-corrected chi connectivity index (χ0v) is 11.0. The van der Waals surface area contributed by atoms with Crippen LogP contribution in [0.3, 0.4) is 0 Å². The molecule has 0 bridgehead atoms. The molecular formula is C12H19N5O2. The van der Waals surface area contributed by atoms with Crippen LogP contribution in [-0.2, 0) is 11.8 Å². The second kappa shape index (κ2) is 5.29. The summed E-state index contributed by atoms with van der Waals surface area (Å²) in [5.74, 6) is 0.213. The van der Waals surface area contributed by atoms with Gasteiger partial charge in [-0.3, -0.25) is 9.48 Å². The van der Waals surface area contributed by atoms with Crippen molar-refractivity contribution in [3.63, 3.8) is 0 Å². The summed E-state index contributed by atoms with van der Waals surface area (Å²) in [6.07, 6.45) is 5.80. The second-order valence-electron chi connectivity index (χ2n) is 4.96. The van der Waals surface area contributed by atoms with Gasteiger partial charge in [-0.2, -0.15) is 5.10 Å². The summed E-state index contributed by atoms with van der Waals surface area (Å²) in [7, 11) is 1.77. The van der Waals surface area contributed by atoms with Gasteiger partial charge in [0.15, 0.2) is 11.7 Å². The molecule has 1 fully saturated rings. The number of nitrogens with one attached hydrogen (secondary N) is 1. The van der Waals surface area contributed by atoms with Crippen LogP contribution in [0.1, 0.15) is 32.1 Å². The van der Waals surface area contributed by atoms with E-state index in [0.29, 0.717) is 18.7 Å². The number of hydrogen-bond acceptors (Lipinski definition) is 4. The number of hydrogen-bond donors (Lipinski definition) is 3. The van der Waals surface area contributed by atoms with Crippen LogP contribution in [0.2, 0.25) is 0 Å². The Balaban J connectivity index is 2.21. The van der Waals surface area contributed by atoms with Crippen molar-refractivity contribution in [2.24, 2.45) is 23.4 Å². The predicted molar refractivity (Wildman–Crippen MR) is 70.8 cm³/mol. The van der Waals surface area contributed by atoms with Gasteiger partial charge in [-0.05, 0) is 12.8 Å². The highest BCUT2D eigenvalue weighted by Gasteiger charge is 2.44. The molecule has 1 saturated carbocycles. The first kappa shape index (κ1) is 13.4. The molecular weight excluding hydrogens is 246 g/mol. The van der Waals surface area contributed by atoms with E-state index in [1.807, 2.05) is 0 Å². The molecule has 1 aliphatic rings. The monoisotopic (exact) mass is 265 g/mol. The molecule has 1 aliphatic carbocycles. The summed E-state index contributed by atoms with van der Waals surface area (Å²) >= 11 is 0. The summed E-state index contributed by atoms with van der Waals surface area (Å²) in [5.41, 5.74) is 4.84. The fourth-order valence-electron chi connectivity index (χ4n) is 2.57. The summed E-state index contributed by atoms with van der Waals surface area (Å²) in [6, 6.07) is 1.71. The zero-order chi connectivity index (χ0) is 13.9. The fourth-order valence-corrected chi connectivity index (χ4v) is 2.57. The number of carbonyl (C=O) groups excluding carboxylic acids is 1. The highest BCUT2D eigenvalue weighted by Crippen LogP contribution is 2.37. The topological polar surface area (TPSA) is 106 Å². The van der Waals surface area contributed by atoms with Crippen molar-refractivity contribution in [2.75, 3.05) is 5.32 Å². The molecule has 0 aromatic carbocycles. The summed E-state index contributed by atoms with van der Waals surface area (Å²) < 4.78 is 1.60. The number of aromatic nitrogens is 2. The fraction of sp³-hybridized carbons (Fsp3) is 0.583. The molecule has 104 valence electrons. The predicted octanol–water partition coefficient (Wildman–Crippen LogP) is 1.06. The minimum atomic E-state index is -0.912. The van der Waals surface area contributed by atoms with Gasteiger partial charge in [-0.1, -0.05) is 24.4 Å². The Bertz CT molecular complexity index is 488. The first-order chi connectivity index (χ1) is 9.08. The maximum absolute atomic E-state index is 12.5. The van der Waals surface area contributed by atoms with Crippen molar-refractivity contribution < 1.29 is 10.0 Å². The van der Waals surface area contributed by atoms with Crippen LogP contribution in [0, 0.1) is 5.41 Å². The molecule has 1 aromatic rings. The van der Waals surface area contributed by atoms with Gasteiger partial charge in [0.1, 0.15) is 5.41 Å². The van der Waals surface area contributed by atoms with Crippen LogP contribution in [0.25, 0.3) is 0 Å². The van der Waals surface area contributed by atoms with E-state index in [1.54, 1.807) is 24.0 Å². The number of nitrogens with zero attached hydrogens (tertiary/aromatic N) is 3. The van der Waals surface area contributed by atoms with Crippen molar-refractivity contribution in [3.05, 3.63) is 12.3 Å². The van der Waals surface area contributed by atoms with Crippen molar-refractivity contribution in [1.29, 1.82) is 0 Å². The lowest BCUT2D eigenvalue weighted by Gasteiger charge is -2.34. The second-order valence-corrected chi connectivity index (χ2v) is 4.96. The number of aryl methyl sites for hydroxylation is 1. The Morgan fingerprint density at radius 1 is 1.53 bits per heavy atom. The number of nitrogens with two attached hydrogens (primary N) is 1. The summed E-state index contributed by atoms with van der Waals surface area (Å²) in [4.78, 5) is 12.5. The van der Waals surface area contributed by atoms with Crippen molar-refractivity contribution >= 4 is 17.6 Å². The standard InChI is InChI=1S/C12H19N5O2/c1-17-8-5-9(15-17)14-11(18)12(10(13)16-19)6-3-2-4-7-12/h5,8,19H,2-4,6-7H2,1H3,(H2,13,16)(H,14,15,18). The molecule has 0 atom stereocenters. The highest BCUT2D eigenvalue weighted by molar-refractivity contribution is 6.11. The first-order valence-corrected chi connectivity index (χ1v) is 6.37. The van der Waals surface area contributed by atoms with Crippen molar-refractivity contribution in [2.45, 2.75) is 32.1 Å². The number of rotatable bonds is 3. The van der Waals surface area contributed by atoms with Gasteiger partial charge in [-0.15, -0.1) is 0 Å². The Morgan fingerprint density at radius 3 is 2.74 bits per heavy atom. The third-order valence-electron chi connectivity index (χ3n) is 3.70. The molecule has 0 aliphatic heterocycles.